The highest BCUT2D eigenvalue weighted by Gasteiger charge is 2.36. The van der Waals surface area contributed by atoms with Gasteiger partial charge in [-0.05, 0) is 6.42 Å². The van der Waals surface area contributed by atoms with Crippen LogP contribution in [0.4, 0.5) is 5.82 Å². The van der Waals surface area contributed by atoms with Gasteiger partial charge in [0, 0.05) is 12.8 Å². The molecule has 3 atom stereocenters. The van der Waals surface area contributed by atoms with Crippen LogP contribution in [0.1, 0.15) is 45.3 Å². The zero-order valence-corrected chi connectivity index (χ0v) is 14.2. The lowest BCUT2D eigenvalue weighted by molar-refractivity contribution is -0.150. The first-order valence-electron chi connectivity index (χ1n) is 8.52. The molecule has 0 radical (unpaired) electrons. The highest BCUT2D eigenvalue weighted by molar-refractivity contribution is 5.81. The van der Waals surface area contributed by atoms with Crippen molar-refractivity contribution in [2.24, 2.45) is 0 Å². The summed E-state index contributed by atoms with van der Waals surface area (Å²) in [6, 6.07) is 0. The molecule has 1 unspecified atom stereocenters. The Balaban J connectivity index is 1.59. The minimum absolute atomic E-state index is 0.0341. The molecule has 2 aromatic rings. The number of carbonyl (C=O) groups is 1. The number of carbonyl (C=O) groups excluding carboxylic acids is 1. The van der Waals surface area contributed by atoms with E-state index in [-0.39, 0.29) is 12.6 Å². The highest BCUT2D eigenvalue weighted by Crippen LogP contribution is 2.31. The molecule has 136 valence electrons. The van der Waals surface area contributed by atoms with Gasteiger partial charge in [0.15, 0.2) is 11.5 Å². The van der Waals surface area contributed by atoms with Crippen molar-refractivity contribution < 1.29 is 19.4 Å². The molecule has 9 nitrogen and oxygen atoms in total. The number of nitrogens with two attached hydrogens (primary N) is 1. The van der Waals surface area contributed by atoms with E-state index in [4.69, 9.17) is 15.2 Å². The molecule has 25 heavy (non-hydrogen) atoms. The van der Waals surface area contributed by atoms with E-state index in [2.05, 4.69) is 21.9 Å². The molecule has 1 saturated heterocycles. The molecule has 0 spiro atoms. The Labute approximate surface area is 145 Å². The van der Waals surface area contributed by atoms with Gasteiger partial charge in [-0.2, -0.15) is 0 Å². The van der Waals surface area contributed by atoms with E-state index in [1.165, 1.54) is 6.33 Å². The summed E-state index contributed by atoms with van der Waals surface area (Å²) in [6.45, 7) is 2.11. The third-order valence-corrected chi connectivity index (χ3v) is 4.29. The standard InChI is InChI=1S/C16H23N5O4/c1-2-3-4-5-13(23)24-7-11-10(22)6-12(25-11)21-9-20-14-15(17)18-8-19-16(14)21/h8-12,22H,2-7H2,1H3,(H2,17,18,19)/t10-,11+,12?/m0/s1. The Hall–Kier alpha value is -2.26. The average molecular weight is 349 g/mol. The number of esters is 1. The summed E-state index contributed by atoms with van der Waals surface area (Å²) in [4.78, 5) is 24.0. The van der Waals surface area contributed by atoms with E-state index < -0.39 is 18.4 Å². The first-order valence-corrected chi connectivity index (χ1v) is 8.52. The number of rotatable bonds is 7. The third-order valence-electron chi connectivity index (χ3n) is 4.29. The number of aromatic nitrogens is 4. The molecule has 0 saturated carbocycles. The van der Waals surface area contributed by atoms with Crippen LogP contribution in [0.25, 0.3) is 11.2 Å². The topological polar surface area (TPSA) is 125 Å². The Morgan fingerprint density at radius 3 is 3.08 bits per heavy atom. The summed E-state index contributed by atoms with van der Waals surface area (Å²) >= 11 is 0. The van der Waals surface area contributed by atoms with Crippen molar-refractivity contribution in [1.29, 1.82) is 0 Å². The minimum Gasteiger partial charge on any atom is -0.463 e. The number of anilines is 1. The van der Waals surface area contributed by atoms with Crippen LogP contribution in [0.3, 0.4) is 0 Å². The lowest BCUT2D eigenvalue weighted by Gasteiger charge is -2.16. The summed E-state index contributed by atoms with van der Waals surface area (Å²) in [5.74, 6) is 0.0288. The molecule has 9 heteroatoms. The molecule has 3 heterocycles. The van der Waals surface area contributed by atoms with E-state index in [0.29, 0.717) is 29.8 Å². The van der Waals surface area contributed by atoms with Gasteiger partial charge >= 0.3 is 5.97 Å². The van der Waals surface area contributed by atoms with Crippen LogP contribution in [0.5, 0.6) is 0 Å². The number of aliphatic hydroxyl groups excluding tert-OH is 1. The van der Waals surface area contributed by atoms with Crippen LogP contribution >= 0.6 is 0 Å². The lowest BCUT2D eigenvalue weighted by Crippen LogP contribution is -2.27. The van der Waals surface area contributed by atoms with Crippen molar-refractivity contribution in [3.8, 4) is 0 Å². The second-order valence-electron chi connectivity index (χ2n) is 6.16. The van der Waals surface area contributed by atoms with Gasteiger partial charge in [-0.1, -0.05) is 19.8 Å². The predicted molar refractivity (Wildman–Crippen MR) is 89.4 cm³/mol. The largest absolute Gasteiger partial charge is 0.463 e. The van der Waals surface area contributed by atoms with Crippen molar-refractivity contribution in [3.63, 3.8) is 0 Å². The number of nitrogen functional groups attached to an aromatic ring is 1. The van der Waals surface area contributed by atoms with E-state index in [9.17, 15) is 9.90 Å². The number of ether oxygens (including phenoxy) is 2. The summed E-state index contributed by atoms with van der Waals surface area (Å²) < 4.78 is 12.8. The second-order valence-corrected chi connectivity index (χ2v) is 6.16. The number of aliphatic hydroxyl groups is 1. The molecule has 0 amide bonds. The maximum absolute atomic E-state index is 11.7. The SMILES string of the molecule is CCCCCC(=O)OC[C@H]1OC(n2cnc3c(N)ncnc32)C[C@@H]1O. The van der Waals surface area contributed by atoms with Gasteiger partial charge in [0.1, 0.15) is 30.8 Å². The molecule has 0 aromatic carbocycles. The molecule has 0 bridgehead atoms. The van der Waals surface area contributed by atoms with Crippen LogP contribution in [0.2, 0.25) is 0 Å². The number of imidazole rings is 1. The van der Waals surface area contributed by atoms with Gasteiger partial charge in [0.2, 0.25) is 0 Å². The Bertz CT molecular complexity index is 734. The zero-order chi connectivity index (χ0) is 17.8. The summed E-state index contributed by atoms with van der Waals surface area (Å²) in [6.07, 6.45) is 4.78. The van der Waals surface area contributed by atoms with Gasteiger partial charge in [0.25, 0.3) is 0 Å². The van der Waals surface area contributed by atoms with Crippen LogP contribution in [0.15, 0.2) is 12.7 Å². The maximum atomic E-state index is 11.7. The normalized spacial score (nSPS) is 23.2. The number of fused-ring (bicyclic) bond motifs is 1. The zero-order valence-electron chi connectivity index (χ0n) is 14.2. The fourth-order valence-electron chi connectivity index (χ4n) is 2.88. The molecule has 1 aliphatic rings. The van der Waals surface area contributed by atoms with Gasteiger partial charge in [-0.15, -0.1) is 0 Å². The van der Waals surface area contributed by atoms with Crippen molar-refractivity contribution in [3.05, 3.63) is 12.7 Å². The summed E-state index contributed by atoms with van der Waals surface area (Å²) in [7, 11) is 0. The van der Waals surface area contributed by atoms with E-state index >= 15 is 0 Å². The quantitative estimate of drug-likeness (QED) is 0.564. The average Bonchev–Trinajstić information content (AvgIpc) is 3.17. The molecule has 0 aliphatic carbocycles. The fraction of sp³-hybridized carbons (Fsp3) is 0.625. The predicted octanol–water partition coefficient (Wildman–Crippen LogP) is 1.18. The van der Waals surface area contributed by atoms with Gasteiger partial charge < -0.3 is 20.3 Å². The summed E-state index contributed by atoms with van der Waals surface area (Å²) in [5, 5.41) is 10.2. The Morgan fingerprint density at radius 1 is 1.44 bits per heavy atom. The Morgan fingerprint density at radius 2 is 2.28 bits per heavy atom. The first-order chi connectivity index (χ1) is 12.1. The second kappa shape index (κ2) is 7.75. The van der Waals surface area contributed by atoms with E-state index in [0.717, 1.165) is 19.3 Å². The number of hydrogen-bond donors (Lipinski definition) is 2. The van der Waals surface area contributed by atoms with E-state index in [1.54, 1.807) is 10.9 Å². The first kappa shape index (κ1) is 17.6. The molecular formula is C16H23N5O4. The van der Waals surface area contributed by atoms with Gasteiger partial charge in [-0.3, -0.25) is 9.36 Å². The van der Waals surface area contributed by atoms with E-state index in [1.807, 2.05) is 0 Å². The molecular weight excluding hydrogens is 326 g/mol. The summed E-state index contributed by atoms with van der Waals surface area (Å²) in [5.41, 5.74) is 6.81. The van der Waals surface area contributed by atoms with Crippen molar-refractivity contribution in [2.45, 2.75) is 57.5 Å². The molecule has 2 aromatic heterocycles. The van der Waals surface area contributed by atoms with Gasteiger partial charge in [-0.25, -0.2) is 15.0 Å². The monoisotopic (exact) mass is 349 g/mol. The number of unbranched alkanes of at least 4 members (excludes halogenated alkanes) is 2. The van der Waals surface area contributed by atoms with Crippen LogP contribution < -0.4 is 5.73 Å². The smallest absolute Gasteiger partial charge is 0.305 e. The molecule has 1 fully saturated rings. The molecule has 3 N–H and O–H groups in total. The van der Waals surface area contributed by atoms with Crippen molar-refractivity contribution >= 4 is 23.0 Å². The van der Waals surface area contributed by atoms with Crippen molar-refractivity contribution in [2.75, 3.05) is 12.3 Å². The number of hydrogen-bond acceptors (Lipinski definition) is 8. The van der Waals surface area contributed by atoms with Crippen molar-refractivity contribution in [1.82, 2.24) is 19.5 Å². The van der Waals surface area contributed by atoms with Crippen LogP contribution in [0, 0.1) is 0 Å². The Kier molecular flexibility index (Phi) is 5.44. The van der Waals surface area contributed by atoms with Crippen LogP contribution in [-0.4, -0.2) is 49.4 Å². The van der Waals surface area contributed by atoms with Crippen LogP contribution in [-0.2, 0) is 14.3 Å². The molecule has 3 rings (SSSR count). The highest BCUT2D eigenvalue weighted by atomic mass is 16.6. The maximum Gasteiger partial charge on any atom is 0.305 e. The third kappa shape index (κ3) is 3.88. The number of nitrogens with zero attached hydrogens (tertiary/aromatic N) is 4. The fourth-order valence-corrected chi connectivity index (χ4v) is 2.88. The van der Waals surface area contributed by atoms with Gasteiger partial charge in [0.05, 0.1) is 12.4 Å². The lowest BCUT2D eigenvalue weighted by atomic mass is 10.2. The minimum atomic E-state index is -0.731. The molecule has 1 aliphatic heterocycles.